The highest BCUT2D eigenvalue weighted by Gasteiger charge is 2.46. The van der Waals surface area contributed by atoms with E-state index in [9.17, 15) is 29.2 Å². The first-order valence-corrected chi connectivity index (χ1v) is 9.18. The van der Waals surface area contributed by atoms with Crippen molar-refractivity contribution in [3.05, 3.63) is 105 Å². The predicted molar refractivity (Wildman–Crippen MR) is 106 cm³/mol. The van der Waals surface area contributed by atoms with E-state index in [1.165, 1.54) is 47.6 Å². The molecular weight excluding hydrogens is 407 g/mol. The largest absolute Gasteiger partial charge is 0.507 e. The van der Waals surface area contributed by atoms with E-state index in [1.807, 2.05) is 0 Å². The van der Waals surface area contributed by atoms with Crippen LogP contribution in [0.15, 0.2) is 76.9 Å². The van der Waals surface area contributed by atoms with Gasteiger partial charge in [0, 0.05) is 17.7 Å². The number of Topliss-reactive ketones (excluding diaryl/α,β-unsaturated/α-hetero) is 1. The second-order valence-electron chi connectivity index (χ2n) is 6.87. The van der Waals surface area contributed by atoms with Gasteiger partial charge >= 0.3 is 0 Å². The Kier molecular flexibility index (Phi) is 5.08. The summed E-state index contributed by atoms with van der Waals surface area (Å²) >= 11 is 0. The van der Waals surface area contributed by atoms with Crippen molar-refractivity contribution in [2.24, 2.45) is 0 Å². The molecule has 31 heavy (non-hydrogen) atoms. The number of halogens is 1. The van der Waals surface area contributed by atoms with Gasteiger partial charge in [-0.05, 0) is 29.8 Å². The molecule has 2 heterocycles. The van der Waals surface area contributed by atoms with Gasteiger partial charge in [-0.15, -0.1) is 0 Å². The number of nitro groups is 1. The number of hydrogen-bond donors (Lipinski definition) is 1. The lowest BCUT2D eigenvalue weighted by Gasteiger charge is -2.24. The summed E-state index contributed by atoms with van der Waals surface area (Å²) in [6.07, 6.45) is 1.41. The number of hydrogen-bond acceptors (Lipinski definition) is 6. The highest BCUT2D eigenvalue weighted by Crippen LogP contribution is 2.40. The molecule has 0 bridgehead atoms. The Labute approximate surface area is 175 Å². The second kappa shape index (κ2) is 7.86. The van der Waals surface area contributed by atoms with Crippen molar-refractivity contribution in [3.8, 4) is 0 Å². The van der Waals surface area contributed by atoms with E-state index in [4.69, 9.17) is 4.42 Å². The molecule has 1 amide bonds. The number of likely N-dealkylation sites (tertiary alicyclic amines) is 1. The van der Waals surface area contributed by atoms with Gasteiger partial charge in [-0.1, -0.05) is 24.3 Å². The maximum Gasteiger partial charge on any atom is 0.296 e. The first-order valence-electron chi connectivity index (χ1n) is 9.18. The first kappa shape index (κ1) is 20.0. The third-order valence-electron chi connectivity index (χ3n) is 4.94. The first-order chi connectivity index (χ1) is 14.9. The number of rotatable bonds is 5. The summed E-state index contributed by atoms with van der Waals surface area (Å²) in [7, 11) is 0. The Hall–Kier alpha value is -4.27. The minimum atomic E-state index is -1.11. The number of carbonyl (C=O) groups excluding carboxylic acids is 2. The fourth-order valence-electron chi connectivity index (χ4n) is 3.56. The summed E-state index contributed by atoms with van der Waals surface area (Å²) in [5.74, 6) is -2.67. The molecule has 1 aliphatic heterocycles. The topological polar surface area (TPSA) is 114 Å². The van der Waals surface area contributed by atoms with Gasteiger partial charge in [0.2, 0.25) is 0 Å². The standard InChI is InChI=1S/C22H15FN2O6/c23-15-6-1-4-13(10-15)19-18(20(26)14-5-2-7-16(11-14)25(29)30)21(27)22(28)24(19)12-17-8-3-9-31-17/h1-11,19,26H,12H2. The molecule has 1 fully saturated rings. The lowest BCUT2D eigenvalue weighted by molar-refractivity contribution is -0.384. The third kappa shape index (κ3) is 3.68. The van der Waals surface area contributed by atoms with Crippen molar-refractivity contribution < 1.29 is 28.4 Å². The maximum absolute atomic E-state index is 14.0. The monoisotopic (exact) mass is 422 g/mol. The van der Waals surface area contributed by atoms with E-state index in [1.54, 1.807) is 12.1 Å². The van der Waals surface area contributed by atoms with E-state index < -0.39 is 34.2 Å². The predicted octanol–water partition coefficient (Wildman–Crippen LogP) is 3.95. The van der Waals surface area contributed by atoms with Crippen LogP contribution >= 0.6 is 0 Å². The van der Waals surface area contributed by atoms with Crippen molar-refractivity contribution >= 4 is 23.1 Å². The van der Waals surface area contributed by atoms with Gasteiger partial charge in [0.25, 0.3) is 17.4 Å². The van der Waals surface area contributed by atoms with Gasteiger partial charge in [-0.2, -0.15) is 0 Å². The van der Waals surface area contributed by atoms with Gasteiger partial charge in [-0.3, -0.25) is 19.7 Å². The normalized spacial score (nSPS) is 17.8. The molecule has 4 rings (SSSR count). The number of carbonyl (C=O) groups is 2. The highest BCUT2D eigenvalue weighted by molar-refractivity contribution is 6.46. The minimum Gasteiger partial charge on any atom is -0.507 e. The Morgan fingerprint density at radius 3 is 2.58 bits per heavy atom. The second-order valence-corrected chi connectivity index (χ2v) is 6.87. The fourth-order valence-corrected chi connectivity index (χ4v) is 3.56. The van der Waals surface area contributed by atoms with E-state index in [0.29, 0.717) is 5.76 Å². The van der Waals surface area contributed by atoms with Crippen LogP contribution in [0.3, 0.4) is 0 Å². The molecule has 1 atom stereocenters. The maximum atomic E-state index is 14.0. The molecule has 1 unspecified atom stereocenters. The van der Waals surface area contributed by atoms with Gasteiger partial charge in [0.05, 0.1) is 29.3 Å². The van der Waals surface area contributed by atoms with Crippen LogP contribution in [0.1, 0.15) is 22.9 Å². The van der Waals surface area contributed by atoms with Crippen LogP contribution in [-0.2, 0) is 16.1 Å². The van der Waals surface area contributed by atoms with Crippen molar-refractivity contribution in [2.45, 2.75) is 12.6 Å². The number of aliphatic hydroxyl groups is 1. The fraction of sp³-hybridized carbons (Fsp3) is 0.0909. The molecule has 3 aromatic rings. The van der Waals surface area contributed by atoms with Crippen LogP contribution in [0.25, 0.3) is 5.76 Å². The Morgan fingerprint density at radius 1 is 1.13 bits per heavy atom. The minimum absolute atomic E-state index is 0.00778. The van der Waals surface area contributed by atoms with Crippen molar-refractivity contribution in [1.82, 2.24) is 4.90 Å². The van der Waals surface area contributed by atoms with Gasteiger partial charge in [0.15, 0.2) is 0 Å². The quantitative estimate of drug-likeness (QED) is 0.219. The van der Waals surface area contributed by atoms with Crippen LogP contribution in [0.2, 0.25) is 0 Å². The zero-order chi connectivity index (χ0) is 22.1. The van der Waals surface area contributed by atoms with Crippen LogP contribution in [-0.4, -0.2) is 26.6 Å². The molecule has 0 saturated carbocycles. The van der Waals surface area contributed by atoms with Crippen molar-refractivity contribution in [1.29, 1.82) is 0 Å². The smallest absolute Gasteiger partial charge is 0.296 e. The number of furan rings is 1. The number of amides is 1. The number of non-ortho nitro benzene ring substituents is 1. The molecule has 2 aromatic carbocycles. The van der Waals surface area contributed by atoms with Crippen molar-refractivity contribution in [3.63, 3.8) is 0 Å². The van der Waals surface area contributed by atoms with Crippen LogP contribution in [0, 0.1) is 15.9 Å². The zero-order valence-electron chi connectivity index (χ0n) is 15.9. The SMILES string of the molecule is O=C1C(=O)N(Cc2ccco2)C(c2cccc(F)c2)C1=C(O)c1cccc([N+](=O)[O-])c1. The zero-order valence-corrected chi connectivity index (χ0v) is 15.9. The molecule has 1 saturated heterocycles. The number of benzene rings is 2. The average Bonchev–Trinajstić information content (AvgIpc) is 3.36. The molecule has 156 valence electrons. The summed E-state index contributed by atoms with van der Waals surface area (Å²) in [5.41, 5.74) is -0.330. The summed E-state index contributed by atoms with van der Waals surface area (Å²) in [6, 6.07) is 12.5. The Morgan fingerprint density at radius 2 is 1.90 bits per heavy atom. The molecule has 1 aromatic heterocycles. The third-order valence-corrected chi connectivity index (χ3v) is 4.94. The summed E-state index contributed by atoms with van der Waals surface area (Å²) < 4.78 is 19.2. The lowest BCUT2D eigenvalue weighted by atomic mass is 9.95. The Bertz CT molecular complexity index is 1220. The molecule has 1 N–H and O–H groups in total. The summed E-state index contributed by atoms with van der Waals surface area (Å²) in [5, 5.41) is 22.0. The highest BCUT2D eigenvalue weighted by atomic mass is 19.1. The van der Waals surface area contributed by atoms with E-state index in [-0.39, 0.29) is 28.9 Å². The molecule has 1 aliphatic rings. The number of ketones is 1. The van der Waals surface area contributed by atoms with Crippen molar-refractivity contribution in [2.75, 3.05) is 0 Å². The summed E-state index contributed by atoms with van der Waals surface area (Å²) in [6.45, 7) is -0.0928. The van der Waals surface area contributed by atoms with E-state index in [0.717, 1.165) is 12.1 Å². The average molecular weight is 422 g/mol. The number of nitrogens with zero attached hydrogens (tertiary/aromatic N) is 2. The van der Waals surface area contributed by atoms with Gasteiger partial charge in [-0.25, -0.2) is 4.39 Å². The molecule has 0 spiro atoms. The summed E-state index contributed by atoms with van der Waals surface area (Å²) in [4.78, 5) is 37.3. The molecule has 9 heteroatoms. The molecule has 0 aliphatic carbocycles. The molecule has 8 nitrogen and oxygen atoms in total. The van der Waals surface area contributed by atoms with E-state index in [2.05, 4.69) is 0 Å². The van der Waals surface area contributed by atoms with Gasteiger partial charge in [0.1, 0.15) is 17.3 Å². The molecular formula is C22H15FN2O6. The Balaban J connectivity index is 1.89. The van der Waals surface area contributed by atoms with Crippen LogP contribution < -0.4 is 0 Å². The number of aliphatic hydroxyl groups excluding tert-OH is 1. The lowest BCUT2D eigenvalue weighted by Crippen LogP contribution is -2.29. The molecule has 0 radical (unpaired) electrons. The van der Waals surface area contributed by atoms with Crippen LogP contribution in [0.4, 0.5) is 10.1 Å². The van der Waals surface area contributed by atoms with E-state index >= 15 is 0 Å². The van der Waals surface area contributed by atoms with Gasteiger partial charge < -0.3 is 14.4 Å². The van der Waals surface area contributed by atoms with Crippen LogP contribution in [0.5, 0.6) is 0 Å². The number of nitro benzene ring substituents is 1.